The number of aliphatic carboxylic acids is 2. The van der Waals surface area contributed by atoms with Crippen LogP contribution in [0.1, 0.15) is 39.0 Å². The molecule has 0 spiro atoms. The number of nitrogens with two attached hydrogens (primary N) is 1. The molecule has 168 valence electrons. The van der Waals surface area contributed by atoms with Gasteiger partial charge in [0.25, 0.3) is 0 Å². The quantitative estimate of drug-likeness (QED) is 0.168. The van der Waals surface area contributed by atoms with Crippen LogP contribution in [0.5, 0.6) is 0 Å². The monoisotopic (exact) mass is 429 g/mol. The second-order valence-corrected chi connectivity index (χ2v) is 6.94. The lowest BCUT2D eigenvalue weighted by atomic mass is 10.1. The van der Waals surface area contributed by atoms with E-state index in [4.69, 9.17) is 15.9 Å². The number of rotatable bonds is 12. The van der Waals surface area contributed by atoms with Crippen LogP contribution >= 0.6 is 0 Å². The number of carbonyl (C=O) groups is 6. The third-order valence-electron chi connectivity index (χ3n) is 4.42. The molecule has 0 radical (unpaired) electrons. The predicted octanol–water partition coefficient (Wildman–Crippen LogP) is -2.96. The van der Waals surface area contributed by atoms with Crippen LogP contribution in [0.4, 0.5) is 0 Å². The van der Waals surface area contributed by atoms with Gasteiger partial charge in [-0.1, -0.05) is 0 Å². The highest BCUT2D eigenvalue weighted by Crippen LogP contribution is 2.07. The molecule has 0 aromatic heterocycles. The van der Waals surface area contributed by atoms with E-state index in [9.17, 15) is 28.8 Å². The van der Waals surface area contributed by atoms with E-state index < -0.39 is 72.6 Å². The number of primary amides is 1. The average Bonchev–Trinajstić information content (AvgIpc) is 3.18. The number of carboxylic acid groups (broad SMARTS) is 2. The maximum Gasteiger partial charge on any atom is 0.325 e. The van der Waals surface area contributed by atoms with Gasteiger partial charge < -0.3 is 37.2 Å². The third-order valence-corrected chi connectivity index (χ3v) is 4.42. The van der Waals surface area contributed by atoms with Gasteiger partial charge >= 0.3 is 11.9 Å². The van der Waals surface area contributed by atoms with E-state index in [0.717, 1.165) is 6.42 Å². The molecule has 1 rings (SSSR count). The van der Waals surface area contributed by atoms with E-state index >= 15 is 0 Å². The summed E-state index contributed by atoms with van der Waals surface area (Å²) in [4.78, 5) is 70.3. The molecule has 0 aromatic carbocycles. The van der Waals surface area contributed by atoms with E-state index in [0.29, 0.717) is 13.0 Å². The van der Waals surface area contributed by atoms with Crippen molar-refractivity contribution in [3.05, 3.63) is 0 Å². The van der Waals surface area contributed by atoms with Crippen molar-refractivity contribution in [1.29, 1.82) is 0 Å². The zero-order valence-electron chi connectivity index (χ0n) is 16.5. The summed E-state index contributed by atoms with van der Waals surface area (Å²) in [5.74, 6) is -5.80. The molecule has 1 heterocycles. The highest BCUT2D eigenvalue weighted by Gasteiger charge is 2.31. The van der Waals surface area contributed by atoms with Crippen molar-refractivity contribution in [3.63, 3.8) is 0 Å². The summed E-state index contributed by atoms with van der Waals surface area (Å²) in [6.45, 7) is 1.82. The molecular weight excluding hydrogens is 402 g/mol. The molecule has 1 saturated heterocycles. The van der Waals surface area contributed by atoms with Crippen LogP contribution in [0.15, 0.2) is 0 Å². The highest BCUT2D eigenvalue weighted by atomic mass is 16.4. The lowest BCUT2D eigenvalue weighted by Crippen LogP contribution is -2.57. The molecule has 1 aliphatic rings. The van der Waals surface area contributed by atoms with Gasteiger partial charge in [-0.05, 0) is 32.7 Å². The molecule has 13 heteroatoms. The van der Waals surface area contributed by atoms with Gasteiger partial charge in [-0.2, -0.15) is 0 Å². The number of nitrogens with one attached hydrogen (secondary N) is 4. The van der Waals surface area contributed by atoms with Crippen LogP contribution in [-0.4, -0.2) is 76.5 Å². The third kappa shape index (κ3) is 8.43. The minimum atomic E-state index is -1.49. The maximum atomic E-state index is 12.6. The molecular formula is C17H27N5O8. The van der Waals surface area contributed by atoms with Crippen molar-refractivity contribution >= 4 is 35.6 Å². The molecule has 0 bridgehead atoms. The van der Waals surface area contributed by atoms with Gasteiger partial charge in [0.1, 0.15) is 18.1 Å². The van der Waals surface area contributed by atoms with Crippen molar-refractivity contribution in [2.24, 2.45) is 5.73 Å². The Labute approximate surface area is 172 Å². The summed E-state index contributed by atoms with van der Waals surface area (Å²) in [6, 6.07) is -4.59. The van der Waals surface area contributed by atoms with Gasteiger partial charge in [0.2, 0.25) is 23.6 Å². The molecule has 1 fully saturated rings. The van der Waals surface area contributed by atoms with Crippen molar-refractivity contribution in [2.45, 2.75) is 63.2 Å². The van der Waals surface area contributed by atoms with Gasteiger partial charge in [-0.3, -0.25) is 28.8 Å². The zero-order valence-corrected chi connectivity index (χ0v) is 16.5. The fourth-order valence-electron chi connectivity index (χ4n) is 2.78. The van der Waals surface area contributed by atoms with Gasteiger partial charge in [-0.15, -0.1) is 0 Å². The Morgan fingerprint density at radius 1 is 1.03 bits per heavy atom. The standard InChI is InChI=1S/C17H27N5O8/c1-8(17(29)30)20-16(28)11(7-12(18)23)22-15(27)10(4-5-13(24)25)21-14(26)9-3-2-6-19-9/h8-11,19H,2-7H2,1H3,(H2,18,23)(H,20,28)(H,21,26)(H,22,27)(H,24,25)(H,29,30). The largest absolute Gasteiger partial charge is 0.481 e. The first-order chi connectivity index (χ1) is 14.0. The number of hydrogen-bond donors (Lipinski definition) is 7. The van der Waals surface area contributed by atoms with Gasteiger partial charge in [0.15, 0.2) is 0 Å². The lowest BCUT2D eigenvalue weighted by molar-refractivity contribution is -0.142. The molecule has 0 saturated carbocycles. The summed E-state index contributed by atoms with van der Waals surface area (Å²) >= 11 is 0. The summed E-state index contributed by atoms with van der Waals surface area (Å²) in [7, 11) is 0. The summed E-state index contributed by atoms with van der Waals surface area (Å²) in [5.41, 5.74) is 5.09. The van der Waals surface area contributed by atoms with E-state index in [1.54, 1.807) is 0 Å². The van der Waals surface area contributed by atoms with E-state index in [1.807, 2.05) is 0 Å². The van der Waals surface area contributed by atoms with Gasteiger partial charge in [-0.25, -0.2) is 0 Å². The summed E-state index contributed by atoms with van der Waals surface area (Å²) in [6.07, 6.45) is 0.0224. The number of hydrogen-bond acceptors (Lipinski definition) is 7. The zero-order chi connectivity index (χ0) is 22.8. The van der Waals surface area contributed by atoms with Gasteiger partial charge in [0.05, 0.1) is 12.5 Å². The van der Waals surface area contributed by atoms with E-state index in [2.05, 4.69) is 21.3 Å². The van der Waals surface area contributed by atoms with Crippen molar-refractivity contribution < 1.29 is 39.0 Å². The van der Waals surface area contributed by atoms with E-state index in [-0.39, 0.29) is 6.42 Å². The Morgan fingerprint density at radius 2 is 1.67 bits per heavy atom. The molecule has 0 aromatic rings. The second kappa shape index (κ2) is 11.7. The van der Waals surface area contributed by atoms with Crippen LogP contribution in [0.25, 0.3) is 0 Å². The Kier molecular flexibility index (Phi) is 9.68. The number of carboxylic acids is 2. The average molecular weight is 429 g/mol. The normalized spacial score (nSPS) is 18.5. The molecule has 8 N–H and O–H groups in total. The summed E-state index contributed by atoms with van der Waals surface area (Å²) in [5, 5.41) is 27.5. The van der Waals surface area contributed by atoms with Crippen molar-refractivity contribution in [3.8, 4) is 0 Å². The van der Waals surface area contributed by atoms with Gasteiger partial charge in [0, 0.05) is 6.42 Å². The Bertz CT molecular complexity index is 692. The van der Waals surface area contributed by atoms with E-state index in [1.165, 1.54) is 6.92 Å². The predicted molar refractivity (Wildman–Crippen MR) is 101 cm³/mol. The minimum Gasteiger partial charge on any atom is -0.481 e. The fourth-order valence-corrected chi connectivity index (χ4v) is 2.78. The first-order valence-electron chi connectivity index (χ1n) is 9.38. The Balaban J connectivity index is 2.88. The highest BCUT2D eigenvalue weighted by molar-refractivity contribution is 5.96. The first-order valence-corrected chi connectivity index (χ1v) is 9.38. The SMILES string of the molecule is CC(NC(=O)C(CC(N)=O)NC(=O)C(CCC(=O)O)NC(=O)C1CCCN1)C(=O)O. The topological polar surface area (TPSA) is 217 Å². The van der Waals surface area contributed by atoms with Crippen LogP contribution in [0.2, 0.25) is 0 Å². The molecule has 4 atom stereocenters. The van der Waals surface area contributed by atoms with Crippen LogP contribution in [0.3, 0.4) is 0 Å². The maximum absolute atomic E-state index is 12.6. The van der Waals surface area contributed by atoms with Crippen molar-refractivity contribution in [2.75, 3.05) is 6.54 Å². The molecule has 4 unspecified atom stereocenters. The first kappa shape index (κ1) is 24.8. The van der Waals surface area contributed by atoms with Crippen LogP contribution in [-0.2, 0) is 28.8 Å². The van der Waals surface area contributed by atoms with Crippen LogP contribution in [0, 0.1) is 0 Å². The summed E-state index contributed by atoms with van der Waals surface area (Å²) < 4.78 is 0. The second-order valence-electron chi connectivity index (χ2n) is 6.94. The van der Waals surface area contributed by atoms with Crippen molar-refractivity contribution in [1.82, 2.24) is 21.3 Å². The smallest absolute Gasteiger partial charge is 0.325 e. The Morgan fingerprint density at radius 3 is 2.17 bits per heavy atom. The minimum absolute atomic E-state index is 0.254. The van der Waals surface area contributed by atoms with Crippen LogP contribution < -0.4 is 27.0 Å². The molecule has 30 heavy (non-hydrogen) atoms. The Hall–Kier alpha value is -3.22. The number of amides is 4. The molecule has 13 nitrogen and oxygen atoms in total. The number of carbonyl (C=O) groups excluding carboxylic acids is 4. The fraction of sp³-hybridized carbons (Fsp3) is 0.647. The molecule has 0 aliphatic carbocycles. The molecule has 4 amide bonds. The lowest BCUT2D eigenvalue weighted by Gasteiger charge is -2.24. The molecule has 1 aliphatic heterocycles.